The summed E-state index contributed by atoms with van der Waals surface area (Å²) in [4.78, 5) is 18.2. The zero-order chi connectivity index (χ0) is 27.1. The van der Waals surface area contributed by atoms with E-state index in [2.05, 4.69) is 75.9 Å². The van der Waals surface area contributed by atoms with Crippen LogP contribution in [0, 0.1) is 18.8 Å². The molecule has 1 aliphatic rings. The summed E-state index contributed by atoms with van der Waals surface area (Å²) in [5.41, 5.74) is 5.96. The van der Waals surface area contributed by atoms with Gasteiger partial charge in [0.2, 0.25) is 0 Å². The van der Waals surface area contributed by atoms with Crippen LogP contribution in [-0.2, 0) is 4.74 Å². The van der Waals surface area contributed by atoms with Crippen LogP contribution in [0.15, 0.2) is 48.7 Å². The fraction of sp³-hybridized carbons (Fsp3) is 0.500. The van der Waals surface area contributed by atoms with Crippen LogP contribution in [0.25, 0.3) is 22.9 Å². The van der Waals surface area contributed by atoms with Gasteiger partial charge in [-0.2, -0.15) is 5.10 Å². The van der Waals surface area contributed by atoms with E-state index in [1.165, 1.54) is 5.56 Å². The molecule has 4 rings (SSSR count). The predicted molar refractivity (Wildman–Crippen MR) is 156 cm³/mol. The molecular formula is C32H44N4O2. The van der Waals surface area contributed by atoms with Gasteiger partial charge >= 0.3 is 0 Å². The standard InChI is InChI=1S/C32H44N4O2/c1-24(2)12-16-35(17-13-25(3)4)32(37)28-14-18-36-30(23-28)29(7-6-15-34-19-21-38-22-20-34)31(33-36)27-10-8-26(5)9-11-27/h6-11,14,18,23-25H,12-13,15-17,19-22H2,1-5H3/b7-6+. The van der Waals surface area contributed by atoms with E-state index in [1.54, 1.807) is 0 Å². The number of rotatable bonds is 11. The van der Waals surface area contributed by atoms with E-state index in [0.717, 1.165) is 86.7 Å². The lowest BCUT2D eigenvalue weighted by Gasteiger charge is -2.25. The second kappa shape index (κ2) is 13.2. The number of nitrogens with zero attached hydrogens (tertiary/aromatic N) is 4. The second-order valence-electron chi connectivity index (χ2n) is 11.3. The van der Waals surface area contributed by atoms with Crippen LogP contribution >= 0.6 is 0 Å². The van der Waals surface area contributed by atoms with Crippen molar-refractivity contribution < 1.29 is 9.53 Å². The van der Waals surface area contributed by atoms with Crippen molar-refractivity contribution in [1.82, 2.24) is 19.4 Å². The Balaban J connectivity index is 1.68. The van der Waals surface area contributed by atoms with E-state index in [0.29, 0.717) is 11.8 Å². The number of aryl methyl sites for hydroxylation is 1. The minimum Gasteiger partial charge on any atom is -0.379 e. The molecule has 0 saturated carbocycles. The summed E-state index contributed by atoms with van der Waals surface area (Å²) in [6.45, 7) is 16.9. The average molecular weight is 517 g/mol. The molecule has 2 aromatic heterocycles. The molecule has 1 aliphatic heterocycles. The third kappa shape index (κ3) is 7.33. The highest BCUT2D eigenvalue weighted by Gasteiger charge is 2.20. The Labute approximate surface area is 228 Å². The van der Waals surface area contributed by atoms with Crippen LogP contribution in [-0.4, -0.2) is 71.3 Å². The first-order valence-electron chi connectivity index (χ1n) is 14.2. The number of benzene rings is 1. The molecule has 0 spiro atoms. The Bertz CT molecular complexity index is 1210. The predicted octanol–water partition coefficient (Wildman–Crippen LogP) is 6.19. The summed E-state index contributed by atoms with van der Waals surface area (Å²) in [6, 6.07) is 12.4. The van der Waals surface area contributed by atoms with Crippen molar-refractivity contribution in [1.29, 1.82) is 0 Å². The second-order valence-corrected chi connectivity index (χ2v) is 11.3. The molecule has 0 unspecified atom stereocenters. The Kier molecular flexibility index (Phi) is 9.75. The van der Waals surface area contributed by atoms with Crippen molar-refractivity contribution in [2.45, 2.75) is 47.5 Å². The number of morpholine rings is 1. The molecule has 6 heteroatoms. The van der Waals surface area contributed by atoms with Crippen molar-refractivity contribution in [2.24, 2.45) is 11.8 Å². The summed E-state index contributed by atoms with van der Waals surface area (Å²) in [6.07, 6.45) is 8.34. The summed E-state index contributed by atoms with van der Waals surface area (Å²) in [7, 11) is 0. The molecule has 6 nitrogen and oxygen atoms in total. The Morgan fingerprint density at radius 2 is 1.68 bits per heavy atom. The Morgan fingerprint density at radius 3 is 2.32 bits per heavy atom. The molecule has 1 aromatic carbocycles. The molecule has 0 bridgehead atoms. The lowest BCUT2D eigenvalue weighted by Crippen LogP contribution is -2.36. The molecule has 1 fully saturated rings. The number of carbonyl (C=O) groups excluding carboxylic acids is 1. The van der Waals surface area contributed by atoms with Crippen LogP contribution in [0.3, 0.4) is 0 Å². The molecule has 1 amide bonds. The number of hydrogen-bond acceptors (Lipinski definition) is 4. The van der Waals surface area contributed by atoms with Crippen molar-refractivity contribution in [3.05, 3.63) is 65.4 Å². The monoisotopic (exact) mass is 516 g/mol. The van der Waals surface area contributed by atoms with Gasteiger partial charge in [0.05, 0.1) is 18.7 Å². The quantitative estimate of drug-likeness (QED) is 0.305. The smallest absolute Gasteiger partial charge is 0.253 e. The molecule has 0 atom stereocenters. The molecule has 204 valence electrons. The molecular weight excluding hydrogens is 472 g/mol. The third-order valence-corrected chi connectivity index (χ3v) is 7.24. The van der Waals surface area contributed by atoms with Gasteiger partial charge in [-0.25, -0.2) is 4.52 Å². The maximum absolute atomic E-state index is 13.7. The maximum Gasteiger partial charge on any atom is 0.253 e. The van der Waals surface area contributed by atoms with Gasteiger partial charge in [0.1, 0.15) is 5.69 Å². The summed E-state index contributed by atoms with van der Waals surface area (Å²) >= 11 is 0. The van der Waals surface area contributed by atoms with Crippen LogP contribution in [0.1, 0.15) is 62.0 Å². The molecule has 38 heavy (non-hydrogen) atoms. The van der Waals surface area contributed by atoms with E-state index >= 15 is 0 Å². The van der Waals surface area contributed by atoms with Gasteiger partial charge in [-0.05, 0) is 43.7 Å². The van der Waals surface area contributed by atoms with E-state index in [9.17, 15) is 4.79 Å². The average Bonchev–Trinajstić information content (AvgIpc) is 3.27. The zero-order valence-corrected chi connectivity index (χ0v) is 23.8. The summed E-state index contributed by atoms with van der Waals surface area (Å²) in [5, 5.41) is 4.95. The highest BCUT2D eigenvalue weighted by atomic mass is 16.5. The molecule has 1 saturated heterocycles. The van der Waals surface area contributed by atoms with E-state index < -0.39 is 0 Å². The zero-order valence-electron chi connectivity index (χ0n) is 23.8. The molecule has 3 heterocycles. The number of pyridine rings is 1. The van der Waals surface area contributed by atoms with Gasteiger partial charge in [0.25, 0.3) is 5.91 Å². The largest absolute Gasteiger partial charge is 0.379 e. The minimum absolute atomic E-state index is 0.107. The van der Waals surface area contributed by atoms with Gasteiger partial charge in [-0.15, -0.1) is 0 Å². The molecule has 3 aromatic rings. The first-order chi connectivity index (χ1) is 18.3. The number of hydrogen-bond donors (Lipinski definition) is 0. The molecule has 0 aliphatic carbocycles. The number of carbonyl (C=O) groups is 1. The van der Waals surface area contributed by atoms with Crippen LogP contribution in [0.4, 0.5) is 0 Å². The Morgan fingerprint density at radius 1 is 1.03 bits per heavy atom. The van der Waals surface area contributed by atoms with Gasteiger partial charge < -0.3 is 9.64 Å². The highest BCUT2D eigenvalue weighted by Crippen LogP contribution is 2.29. The number of fused-ring (bicyclic) bond motifs is 1. The fourth-order valence-corrected chi connectivity index (χ4v) is 4.71. The third-order valence-electron chi connectivity index (χ3n) is 7.24. The van der Waals surface area contributed by atoms with Crippen LogP contribution < -0.4 is 0 Å². The normalized spacial score (nSPS) is 14.8. The number of aromatic nitrogens is 2. The summed E-state index contributed by atoms with van der Waals surface area (Å²) in [5.74, 6) is 1.22. The van der Waals surface area contributed by atoms with Crippen molar-refractivity contribution in [2.75, 3.05) is 45.9 Å². The first-order valence-corrected chi connectivity index (χ1v) is 14.2. The minimum atomic E-state index is 0.107. The maximum atomic E-state index is 13.7. The Hall–Kier alpha value is -2.96. The van der Waals surface area contributed by atoms with Crippen molar-refractivity contribution in [3.63, 3.8) is 0 Å². The highest BCUT2D eigenvalue weighted by molar-refractivity contribution is 5.96. The van der Waals surface area contributed by atoms with E-state index in [-0.39, 0.29) is 5.91 Å². The molecule has 0 radical (unpaired) electrons. The van der Waals surface area contributed by atoms with Gasteiger partial charge in [0.15, 0.2) is 0 Å². The van der Waals surface area contributed by atoms with Crippen LogP contribution in [0.2, 0.25) is 0 Å². The van der Waals surface area contributed by atoms with Gasteiger partial charge in [-0.3, -0.25) is 9.69 Å². The van der Waals surface area contributed by atoms with Crippen LogP contribution in [0.5, 0.6) is 0 Å². The SMILES string of the molecule is Cc1ccc(-c2nn3ccc(C(=O)N(CCC(C)C)CCC(C)C)cc3c2/C=C/CN2CCOCC2)cc1. The van der Waals surface area contributed by atoms with Gasteiger partial charge in [-0.1, -0.05) is 69.7 Å². The number of ether oxygens (including phenoxy) is 1. The van der Waals surface area contributed by atoms with Crippen molar-refractivity contribution in [3.8, 4) is 11.3 Å². The molecule has 0 N–H and O–H groups in total. The first kappa shape index (κ1) is 28.1. The topological polar surface area (TPSA) is 50.1 Å². The van der Waals surface area contributed by atoms with E-state index in [4.69, 9.17) is 9.84 Å². The lowest BCUT2D eigenvalue weighted by atomic mass is 10.0. The number of amides is 1. The lowest BCUT2D eigenvalue weighted by molar-refractivity contribution is 0.0435. The van der Waals surface area contributed by atoms with E-state index in [1.807, 2.05) is 27.7 Å². The summed E-state index contributed by atoms with van der Waals surface area (Å²) < 4.78 is 7.41. The van der Waals surface area contributed by atoms with Crippen molar-refractivity contribution >= 4 is 17.5 Å². The van der Waals surface area contributed by atoms with Gasteiger partial charge in [0, 0.05) is 55.6 Å². The fourth-order valence-electron chi connectivity index (χ4n) is 4.71.